The second kappa shape index (κ2) is 8.10. The number of nitrogens with zero attached hydrogens (tertiary/aromatic N) is 4. The summed E-state index contributed by atoms with van der Waals surface area (Å²) in [4.78, 5) is 56.4. The number of likely N-dealkylation sites (tertiary alicyclic amines) is 1. The van der Waals surface area contributed by atoms with Crippen LogP contribution in [-0.4, -0.2) is 62.3 Å². The van der Waals surface area contributed by atoms with Gasteiger partial charge in [-0.05, 0) is 51.8 Å². The topological polar surface area (TPSA) is 111 Å². The van der Waals surface area contributed by atoms with Crippen molar-refractivity contribution in [1.82, 2.24) is 19.7 Å². The summed E-state index contributed by atoms with van der Waals surface area (Å²) in [6.07, 6.45) is 2.76. The van der Waals surface area contributed by atoms with Crippen LogP contribution in [0.2, 0.25) is 0 Å². The number of imide groups is 1. The van der Waals surface area contributed by atoms with Gasteiger partial charge in [0.15, 0.2) is 5.69 Å². The molecule has 3 heterocycles. The maximum Gasteiger partial charge on any atom is 0.410 e. The van der Waals surface area contributed by atoms with Gasteiger partial charge in [-0.2, -0.15) is 5.10 Å². The van der Waals surface area contributed by atoms with Crippen LogP contribution in [0.5, 0.6) is 0 Å². The number of carbonyl (C=O) groups is 4. The van der Waals surface area contributed by atoms with Crippen molar-refractivity contribution in [2.45, 2.75) is 45.3 Å². The van der Waals surface area contributed by atoms with E-state index in [-0.39, 0.29) is 29.0 Å². The Hall–Kier alpha value is -3.69. The van der Waals surface area contributed by atoms with Crippen LogP contribution in [0, 0.1) is 0 Å². The SMILES string of the molecule is CC(C)(C)OC(=O)N1CCCC(n2ccc(C(=O)ON3C(=O)c4ccccc4C3=O)n2)C1. The number of amides is 3. The molecule has 1 saturated heterocycles. The zero-order valence-electron chi connectivity index (χ0n) is 18.1. The summed E-state index contributed by atoms with van der Waals surface area (Å²) in [5, 5.41) is 4.71. The normalized spacial score (nSPS) is 18.5. The lowest BCUT2D eigenvalue weighted by Crippen LogP contribution is -2.43. The lowest BCUT2D eigenvalue weighted by Gasteiger charge is -2.34. The number of fused-ring (bicyclic) bond motifs is 1. The summed E-state index contributed by atoms with van der Waals surface area (Å²) in [6, 6.07) is 7.56. The maximum atomic E-state index is 12.5. The highest BCUT2D eigenvalue weighted by atomic mass is 16.7. The molecule has 168 valence electrons. The van der Waals surface area contributed by atoms with E-state index in [4.69, 9.17) is 9.57 Å². The van der Waals surface area contributed by atoms with Gasteiger partial charge in [0.05, 0.1) is 17.2 Å². The number of benzene rings is 1. The van der Waals surface area contributed by atoms with E-state index in [0.29, 0.717) is 18.2 Å². The molecule has 0 radical (unpaired) electrons. The Labute approximate surface area is 184 Å². The van der Waals surface area contributed by atoms with E-state index in [2.05, 4.69) is 5.10 Å². The lowest BCUT2D eigenvalue weighted by molar-refractivity contribution is -0.0589. The van der Waals surface area contributed by atoms with E-state index < -0.39 is 23.4 Å². The van der Waals surface area contributed by atoms with Gasteiger partial charge in [-0.1, -0.05) is 17.2 Å². The predicted octanol–water partition coefficient (Wildman–Crippen LogP) is 2.82. The van der Waals surface area contributed by atoms with E-state index in [1.165, 1.54) is 18.2 Å². The number of aromatic nitrogens is 2. The smallest absolute Gasteiger partial charge is 0.410 e. The average molecular weight is 440 g/mol. The number of piperidine rings is 1. The second-order valence-corrected chi connectivity index (χ2v) is 8.73. The molecule has 0 aliphatic carbocycles. The Morgan fingerprint density at radius 1 is 1.06 bits per heavy atom. The van der Waals surface area contributed by atoms with Gasteiger partial charge >= 0.3 is 12.1 Å². The minimum absolute atomic E-state index is 0.0454. The molecule has 1 fully saturated rings. The van der Waals surface area contributed by atoms with Crippen LogP contribution in [-0.2, 0) is 9.57 Å². The average Bonchev–Trinajstić information content (AvgIpc) is 3.33. The first-order valence-corrected chi connectivity index (χ1v) is 10.4. The van der Waals surface area contributed by atoms with Crippen molar-refractivity contribution in [3.63, 3.8) is 0 Å². The van der Waals surface area contributed by atoms with Gasteiger partial charge in [0, 0.05) is 19.3 Å². The minimum Gasteiger partial charge on any atom is -0.444 e. The third-order valence-corrected chi connectivity index (χ3v) is 5.17. The van der Waals surface area contributed by atoms with Crippen LogP contribution >= 0.6 is 0 Å². The molecule has 4 rings (SSSR count). The molecule has 0 saturated carbocycles. The standard InChI is InChI=1S/C22H24N4O6/c1-22(2,3)31-21(30)24-11-6-7-14(13-24)25-12-10-17(23-25)20(29)32-26-18(27)15-8-4-5-9-16(15)19(26)28/h4-5,8-10,12,14H,6-7,11,13H2,1-3H3. The molecule has 0 bridgehead atoms. The van der Waals surface area contributed by atoms with Gasteiger partial charge in [-0.25, -0.2) is 9.59 Å². The largest absolute Gasteiger partial charge is 0.444 e. The van der Waals surface area contributed by atoms with Crippen LogP contribution in [0.4, 0.5) is 4.79 Å². The molecule has 0 spiro atoms. The van der Waals surface area contributed by atoms with Crippen molar-refractivity contribution in [1.29, 1.82) is 0 Å². The fourth-order valence-electron chi connectivity index (χ4n) is 3.69. The minimum atomic E-state index is -0.918. The van der Waals surface area contributed by atoms with Gasteiger partial charge in [0.1, 0.15) is 5.60 Å². The summed E-state index contributed by atoms with van der Waals surface area (Å²) < 4.78 is 7.03. The maximum absolute atomic E-state index is 12.5. The number of hydrogen-bond acceptors (Lipinski definition) is 7. The summed E-state index contributed by atoms with van der Waals surface area (Å²) in [6.45, 7) is 6.41. The molecule has 0 N–H and O–H groups in total. The lowest BCUT2D eigenvalue weighted by atomic mass is 10.1. The zero-order valence-corrected chi connectivity index (χ0v) is 18.1. The van der Waals surface area contributed by atoms with Gasteiger partial charge in [0.2, 0.25) is 0 Å². The summed E-state index contributed by atoms with van der Waals surface area (Å²) in [5.74, 6) is -2.31. The summed E-state index contributed by atoms with van der Waals surface area (Å²) >= 11 is 0. The highest BCUT2D eigenvalue weighted by Gasteiger charge is 2.39. The number of rotatable bonds is 3. The van der Waals surface area contributed by atoms with Crippen molar-refractivity contribution < 1.29 is 28.8 Å². The molecule has 1 aromatic heterocycles. The summed E-state index contributed by atoms with van der Waals surface area (Å²) in [7, 11) is 0. The first-order chi connectivity index (χ1) is 15.1. The van der Waals surface area contributed by atoms with Gasteiger partial charge in [-0.15, -0.1) is 0 Å². The van der Waals surface area contributed by atoms with Crippen molar-refractivity contribution in [2.24, 2.45) is 0 Å². The van der Waals surface area contributed by atoms with Crippen molar-refractivity contribution in [3.8, 4) is 0 Å². The van der Waals surface area contributed by atoms with Crippen molar-refractivity contribution in [2.75, 3.05) is 13.1 Å². The van der Waals surface area contributed by atoms with Crippen LogP contribution < -0.4 is 0 Å². The zero-order chi connectivity index (χ0) is 23.0. The third kappa shape index (κ3) is 4.20. The molecular formula is C22H24N4O6. The van der Waals surface area contributed by atoms with Crippen LogP contribution in [0.15, 0.2) is 36.5 Å². The Morgan fingerprint density at radius 3 is 2.34 bits per heavy atom. The first kappa shape index (κ1) is 21.5. The van der Waals surface area contributed by atoms with Gasteiger partial charge in [0.25, 0.3) is 11.8 Å². The van der Waals surface area contributed by atoms with Crippen LogP contribution in [0.25, 0.3) is 0 Å². The number of ether oxygens (including phenoxy) is 1. The summed E-state index contributed by atoms with van der Waals surface area (Å²) in [5.41, 5.74) is -0.270. The monoisotopic (exact) mass is 440 g/mol. The molecule has 10 nitrogen and oxygen atoms in total. The number of hydrogen-bond donors (Lipinski definition) is 0. The van der Waals surface area contributed by atoms with E-state index in [1.807, 2.05) is 20.8 Å². The van der Waals surface area contributed by atoms with E-state index in [1.54, 1.807) is 27.9 Å². The van der Waals surface area contributed by atoms with E-state index in [9.17, 15) is 19.2 Å². The molecule has 2 aliphatic rings. The molecule has 1 atom stereocenters. The van der Waals surface area contributed by atoms with Crippen molar-refractivity contribution in [3.05, 3.63) is 53.3 Å². The Morgan fingerprint density at radius 2 is 1.72 bits per heavy atom. The molecule has 2 aromatic rings. The molecule has 2 aliphatic heterocycles. The fourth-order valence-corrected chi connectivity index (χ4v) is 3.69. The Bertz CT molecular complexity index is 1050. The van der Waals surface area contributed by atoms with Crippen LogP contribution in [0.1, 0.15) is 70.9 Å². The highest BCUT2D eigenvalue weighted by Crippen LogP contribution is 2.25. The molecule has 1 unspecified atom stereocenters. The van der Waals surface area contributed by atoms with E-state index in [0.717, 1.165) is 12.8 Å². The molecule has 10 heteroatoms. The van der Waals surface area contributed by atoms with E-state index >= 15 is 0 Å². The molecular weight excluding hydrogens is 416 g/mol. The Kier molecular flexibility index (Phi) is 5.45. The first-order valence-electron chi connectivity index (χ1n) is 10.4. The van der Waals surface area contributed by atoms with Gasteiger partial charge in [-0.3, -0.25) is 14.3 Å². The number of hydroxylamine groups is 2. The van der Waals surface area contributed by atoms with Crippen LogP contribution in [0.3, 0.4) is 0 Å². The third-order valence-electron chi connectivity index (χ3n) is 5.17. The highest BCUT2D eigenvalue weighted by molar-refractivity contribution is 6.21. The quantitative estimate of drug-likeness (QED) is 0.675. The second-order valence-electron chi connectivity index (χ2n) is 8.73. The molecule has 32 heavy (non-hydrogen) atoms. The fraction of sp³-hybridized carbons (Fsp3) is 0.409. The molecule has 3 amide bonds. The van der Waals surface area contributed by atoms with Crippen molar-refractivity contribution >= 4 is 23.9 Å². The Balaban J connectivity index is 1.41. The number of carbonyl (C=O) groups excluding carboxylic acids is 4. The molecule has 1 aromatic carbocycles. The predicted molar refractivity (Wildman–Crippen MR) is 111 cm³/mol. The van der Waals surface area contributed by atoms with Gasteiger partial charge < -0.3 is 14.5 Å².